The van der Waals surface area contributed by atoms with Gasteiger partial charge in [0.2, 0.25) is 5.91 Å². The molecule has 1 aliphatic rings. The molecular formula is C15H21NO3S. The van der Waals surface area contributed by atoms with Crippen LogP contribution in [0.3, 0.4) is 0 Å². The quantitative estimate of drug-likeness (QED) is 0.851. The largest absolute Gasteiger partial charge is 0.342 e. The van der Waals surface area contributed by atoms with Crippen LogP contribution in [-0.4, -0.2) is 38.1 Å². The molecule has 0 aliphatic carbocycles. The van der Waals surface area contributed by atoms with E-state index in [2.05, 4.69) is 0 Å². The van der Waals surface area contributed by atoms with Crippen LogP contribution in [0.15, 0.2) is 18.2 Å². The Morgan fingerprint density at radius 1 is 1.10 bits per heavy atom. The first-order valence-electron chi connectivity index (χ1n) is 6.91. The third-order valence-corrected chi connectivity index (χ3v) is 4.93. The molecule has 20 heavy (non-hydrogen) atoms. The summed E-state index contributed by atoms with van der Waals surface area (Å²) >= 11 is 0. The number of carbonyl (C=O) groups is 1. The molecule has 0 aromatic heterocycles. The molecule has 1 aromatic carbocycles. The van der Waals surface area contributed by atoms with Crippen LogP contribution >= 0.6 is 0 Å². The van der Waals surface area contributed by atoms with E-state index in [-0.39, 0.29) is 17.4 Å². The molecule has 1 aliphatic heterocycles. The molecular weight excluding hydrogens is 274 g/mol. The Labute approximate surface area is 120 Å². The Morgan fingerprint density at radius 2 is 1.65 bits per heavy atom. The number of aryl methyl sites for hydroxylation is 2. The summed E-state index contributed by atoms with van der Waals surface area (Å²) < 4.78 is 24.3. The molecule has 0 N–H and O–H groups in total. The van der Waals surface area contributed by atoms with E-state index < -0.39 is 9.84 Å². The highest BCUT2D eigenvalue weighted by atomic mass is 32.2. The van der Waals surface area contributed by atoms with Crippen LogP contribution < -0.4 is 0 Å². The molecule has 0 atom stereocenters. The molecule has 0 bridgehead atoms. The fourth-order valence-electron chi connectivity index (χ4n) is 2.70. The van der Waals surface area contributed by atoms with Gasteiger partial charge in [0.25, 0.3) is 0 Å². The van der Waals surface area contributed by atoms with E-state index in [4.69, 9.17) is 0 Å². The van der Waals surface area contributed by atoms with Gasteiger partial charge in [0.15, 0.2) is 9.84 Å². The maximum atomic E-state index is 12.1. The molecule has 1 heterocycles. The highest BCUT2D eigenvalue weighted by Crippen LogP contribution is 2.14. The lowest BCUT2D eigenvalue weighted by Gasteiger charge is -2.15. The Hall–Kier alpha value is -1.36. The van der Waals surface area contributed by atoms with Crippen LogP contribution in [0.2, 0.25) is 0 Å². The second kappa shape index (κ2) is 5.95. The topological polar surface area (TPSA) is 54.5 Å². The van der Waals surface area contributed by atoms with Gasteiger partial charge >= 0.3 is 0 Å². The average Bonchev–Trinajstić information content (AvgIpc) is 2.78. The first-order chi connectivity index (χ1) is 9.35. The molecule has 110 valence electrons. The predicted molar refractivity (Wildman–Crippen MR) is 79.2 cm³/mol. The number of amides is 1. The lowest BCUT2D eigenvalue weighted by Crippen LogP contribution is -2.33. The molecule has 1 saturated heterocycles. The number of hydrogen-bond donors (Lipinski definition) is 0. The van der Waals surface area contributed by atoms with Crippen LogP contribution in [0, 0.1) is 13.8 Å². The van der Waals surface area contributed by atoms with Gasteiger partial charge < -0.3 is 4.90 Å². The number of nitrogens with zero attached hydrogens (tertiary/aromatic N) is 1. The van der Waals surface area contributed by atoms with Crippen molar-refractivity contribution in [2.75, 3.05) is 18.8 Å². The maximum Gasteiger partial charge on any atom is 0.237 e. The van der Waals surface area contributed by atoms with Crippen molar-refractivity contribution in [1.29, 1.82) is 0 Å². The molecule has 1 amide bonds. The van der Waals surface area contributed by atoms with Crippen molar-refractivity contribution in [3.8, 4) is 0 Å². The predicted octanol–water partition coefficient (Wildman–Crippen LogP) is 1.84. The number of hydrogen-bond acceptors (Lipinski definition) is 3. The zero-order valence-electron chi connectivity index (χ0n) is 12.1. The summed E-state index contributed by atoms with van der Waals surface area (Å²) in [7, 11) is -3.40. The molecule has 1 aromatic rings. The Bertz CT molecular complexity index is 581. The lowest BCUT2D eigenvalue weighted by molar-refractivity contribution is -0.127. The highest BCUT2D eigenvalue weighted by molar-refractivity contribution is 7.91. The van der Waals surface area contributed by atoms with Gasteiger partial charge in [-0.2, -0.15) is 0 Å². The van der Waals surface area contributed by atoms with Crippen LogP contribution in [0.5, 0.6) is 0 Å². The van der Waals surface area contributed by atoms with E-state index in [1.165, 1.54) is 0 Å². The summed E-state index contributed by atoms with van der Waals surface area (Å²) in [5, 5.41) is 0. The smallest absolute Gasteiger partial charge is 0.237 e. The van der Waals surface area contributed by atoms with Crippen LogP contribution in [0.25, 0.3) is 0 Å². The van der Waals surface area contributed by atoms with Gasteiger partial charge in [-0.3, -0.25) is 4.79 Å². The summed E-state index contributed by atoms with van der Waals surface area (Å²) in [4.78, 5) is 13.6. The van der Waals surface area contributed by atoms with Crippen molar-refractivity contribution in [3.05, 3.63) is 34.9 Å². The Balaban J connectivity index is 2.04. The number of likely N-dealkylation sites (tertiary alicyclic amines) is 1. The molecule has 5 heteroatoms. The monoisotopic (exact) mass is 295 g/mol. The first kappa shape index (κ1) is 15.0. The second-order valence-corrected chi connectivity index (χ2v) is 7.68. The highest BCUT2D eigenvalue weighted by Gasteiger charge is 2.24. The normalized spacial score (nSPS) is 15.6. The first-order valence-corrected chi connectivity index (χ1v) is 8.73. The number of rotatable bonds is 4. The van der Waals surface area contributed by atoms with Crippen LogP contribution in [0.4, 0.5) is 0 Å². The van der Waals surface area contributed by atoms with E-state index in [0.29, 0.717) is 13.1 Å². The minimum atomic E-state index is -3.40. The van der Waals surface area contributed by atoms with Gasteiger partial charge in [-0.1, -0.05) is 29.3 Å². The standard InChI is InChI=1S/C15H21NO3S/c1-12-7-13(2)9-14(8-12)10-20(18,19)11-15(17)16-5-3-4-6-16/h7-9H,3-6,10-11H2,1-2H3. The van der Waals surface area contributed by atoms with E-state index >= 15 is 0 Å². The van der Waals surface area contributed by atoms with Gasteiger partial charge in [-0.05, 0) is 32.3 Å². The third kappa shape index (κ3) is 4.07. The van der Waals surface area contributed by atoms with Crippen LogP contribution in [-0.2, 0) is 20.4 Å². The average molecular weight is 295 g/mol. The van der Waals surface area contributed by atoms with E-state index in [1.54, 1.807) is 4.90 Å². The molecule has 4 nitrogen and oxygen atoms in total. The fourth-order valence-corrected chi connectivity index (χ4v) is 4.04. The zero-order valence-corrected chi connectivity index (χ0v) is 12.9. The molecule has 2 rings (SSSR count). The zero-order chi connectivity index (χ0) is 14.8. The molecule has 0 spiro atoms. The second-order valence-electron chi connectivity index (χ2n) is 5.62. The number of sulfone groups is 1. The minimum absolute atomic E-state index is 0.0604. The Kier molecular flexibility index (Phi) is 4.48. The lowest BCUT2D eigenvalue weighted by atomic mass is 10.1. The summed E-state index contributed by atoms with van der Waals surface area (Å²) in [5.41, 5.74) is 2.85. The summed E-state index contributed by atoms with van der Waals surface area (Å²) in [6.07, 6.45) is 1.95. The molecule has 0 unspecified atom stereocenters. The molecule has 0 radical (unpaired) electrons. The number of benzene rings is 1. The van der Waals surface area contributed by atoms with Crippen LogP contribution in [0.1, 0.15) is 29.5 Å². The Morgan fingerprint density at radius 3 is 2.20 bits per heavy atom. The van der Waals surface area contributed by atoms with Crippen molar-refractivity contribution < 1.29 is 13.2 Å². The minimum Gasteiger partial charge on any atom is -0.342 e. The molecule has 0 saturated carbocycles. The van der Waals surface area contributed by atoms with Crippen molar-refractivity contribution in [2.24, 2.45) is 0 Å². The number of carbonyl (C=O) groups excluding carboxylic acids is 1. The molecule has 1 fully saturated rings. The SMILES string of the molecule is Cc1cc(C)cc(CS(=O)(=O)CC(=O)N2CCCC2)c1. The van der Waals surface area contributed by atoms with Gasteiger partial charge in [0.1, 0.15) is 5.75 Å². The van der Waals surface area contributed by atoms with Gasteiger partial charge in [-0.25, -0.2) is 8.42 Å². The maximum absolute atomic E-state index is 12.1. The summed E-state index contributed by atoms with van der Waals surface area (Å²) in [5.74, 6) is -0.693. The van der Waals surface area contributed by atoms with E-state index in [1.807, 2.05) is 32.0 Å². The fraction of sp³-hybridized carbons (Fsp3) is 0.533. The van der Waals surface area contributed by atoms with Crippen molar-refractivity contribution in [2.45, 2.75) is 32.4 Å². The summed E-state index contributed by atoms with van der Waals surface area (Å²) in [6, 6.07) is 5.74. The van der Waals surface area contributed by atoms with Gasteiger partial charge in [0, 0.05) is 13.1 Å². The van der Waals surface area contributed by atoms with Gasteiger partial charge in [-0.15, -0.1) is 0 Å². The van der Waals surface area contributed by atoms with E-state index in [9.17, 15) is 13.2 Å². The van der Waals surface area contributed by atoms with Crippen molar-refractivity contribution >= 4 is 15.7 Å². The van der Waals surface area contributed by atoms with Crippen molar-refractivity contribution in [3.63, 3.8) is 0 Å². The van der Waals surface area contributed by atoms with Crippen molar-refractivity contribution in [1.82, 2.24) is 4.90 Å². The van der Waals surface area contributed by atoms with Gasteiger partial charge in [0.05, 0.1) is 5.75 Å². The van der Waals surface area contributed by atoms with E-state index in [0.717, 1.165) is 29.5 Å². The summed E-state index contributed by atoms with van der Waals surface area (Å²) in [6.45, 7) is 5.27. The third-order valence-electron chi connectivity index (χ3n) is 3.47.